The molecule has 0 bridgehead atoms. The van der Waals surface area contributed by atoms with E-state index in [4.69, 9.17) is 15.3 Å². The molecule has 1 aromatic heterocycles. The summed E-state index contributed by atoms with van der Waals surface area (Å²) >= 11 is 2.37. The van der Waals surface area contributed by atoms with Crippen molar-refractivity contribution in [1.82, 2.24) is 15.2 Å². The fourth-order valence-corrected chi connectivity index (χ4v) is 4.87. The second kappa shape index (κ2) is 9.99. The van der Waals surface area contributed by atoms with Crippen LogP contribution in [0.1, 0.15) is 26.0 Å². The lowest BCUT2D eigenvalue weighted by atomic mass is 10.0. The van der Waals surface area contributed by atoms with Crippen LogP contribution in [0.25, 0.3) is 0 Å². The summed E-state index contributed by atoms with van der Waals surface area (Å²) in [6, 6.07) is -0.968. The molecule has 1 saturated heterocycles. The number of hydrogen-bond acceptors (Lipinski definition) is 11. The number of hydrogen-bond donors (Lipinski definition) is 3. The highest BCUT2D eigenvalue weighted by Crippen LogP contribution is 2.40. The van der Waals surface area contributed by atoms with Crippen LogP contribution in [0, 0.1) is 0 Å². The number of carbonyl (C=O) groups is 4. The first-order valence-corrected chi connectivity index (χ1v) is 11.4. The lowest BCUT2D eigenvalue weighted by molar-refractivity contribution is -0.150. The molecule has 0 saturated carbocycles. The maximum Gasteiger partial charge on any atom is 0.352 e. The fourth-order valence-electron chi connectivity index (χ4n) is 3.00. The number of rotatable bonds is 9. The Labute approximate surface area is 190 Å². The highest BCUT2D eigenvalue weighted by Gasteiger charge is 2.54. The predicted octanol–water partition coefficient (Wildman–Crippen LogP) is 0.158. The molecule has 32 heavy (non-hydrogen) atoms. The number of thioether (sulfide) groups is 1. The van der Waals surface area contributed by atoms with Gasteiger partial charge in [-0.05, 0) is 6.42 Å². The zero-order chi connectivity index (χ0) is 23.4. The predicted molar refractivity (Wildman–Crippen MR) is 116 cm³/mol. The number of β-lactam (4-membered cyclic amide) rings is 1. The second-order valence-corrected chi connectivity index (χ2v) is 8.74. The maximum absolute atomic E-state index is 12.9. The number of carbonyl (C=O) groups excluding carboxylic acids is 3. The van der Waals surface area contributed by atoms with Crippen molar-refractivity contribution in [2.24, 2.45) is 5.16 Å². The van der Waals surface area contributed by atoms with E-state index in [0.717, 1.165) is 16.2 Å². The molecule has 12 nitrogen and oxygen atoms in total. The van der Waals surface area contributed by atoms with Gasteiger partial charge in [-0.2, -0.15) is 0 Å². The van der Waals surface area contributed by atoms with E-state index in [9.17, 15) is 24.3 Å². The summed E-state index contributed by atoms with van der Waals surface area (Å²) in [5, 5.41) is 17.2. The molecule has 0 spiro atoms. The summed E-state index contributed by atoms with van der Waals surface area (Å²) in [5.41, 5.74) is 5.78. The van der Waals surface area contributed by atoms with Crippen LogP contribution in [-0.4, -0.2) is 74.8 Å². The summed E-state index contributed by atoms with van der Waals surface area (Å²) in [6.45, 7) is 3.14. The van der Waals surface area contributed by atoms with Gasteiger partial charge in [-0.1, -0.05) is 12.1 Å². The van der Waals surface area contributed by atoms with Crippen LogP contribution in [0.2, 0.25) is 0 Å². The van der Waals surface area contributed by atoms with E-state index in [1.54, 1.807) is 5.38 Å². The van der Waals surface area contributed by atoms with Gasteiger partial charge in [-0.3, -0.25) is 19.3 Å². The smallest absolute Gasteiger partial charge is 0.352 e. The molecule has 2 amide bonds. The van der Waals surface area contributed by atoms with Gasteiger partial charge in [0.15, 0.2) is 10.8 Å². The minimum absolute atomic E-state index is 0.136. The monoisotopic (exact) mass is 483 g/mol. The quantitative estimate of drug-likeness (QED) is 0.144. The van der Waals surface area contributed by atoms with Crippen LogP contribution < -0.4 is 11.1 Å². The summed E-state index contributed by atoms with van der Waals surface area (Å²) in [6.07, 6.45) is 0.673. The van der Waals surface area contributed by atoms with Gasteiger partial charge in [-0.25, -0.2) is 9.78 Å². The maximum atomic E-state index is 12.9. The number of ether oxygens (including phenoxy) is 1. The van der Waals surface area contributed by atoms with Crippen molar-refractivity contribution < 1.29 is 33.9 Å². The molecular formula is C18H21N5O7S2. The van der Waals surface area contributed by atoms with E-state index in [1.165, 1.54) is 18.7 Å². The fraction of sp³-hybridized carbons (Fsp3) is 0.444. The van der Waals surface area contributed by atoms with Gasteiger partial charge in [0.05, 0.1) is 0 Å². The molecule has 1 fully saturated rings. The molecule has 172 valence electrons. The number of nitrogens with one attached hydrogen (secondary N) is 1. The largest absolute Gasteiger partial charge is 0.477 e. The summed E-state index contributed by atoms with van der Waals surface area (Å²) in [7, 11) is 0. The van der Waals surface area contributed by atoms with Crippen molar-refractivity contribution in [3.8, 4) is 0 Å². The van der Waals surface area contributed by atoms with Gasteiger partial charge in [-0.15, -0.1) is 23.1 Å². The Morgan fingerprint density at radius 3 is 2.78 bits per heavy atom. The summed E-state index contributed by atoms with van der Waals surface area (Å²) < 4.78 is 4.90. The van der Waals surface area contributed by atoms with E-state index < -0.39 is 35.2 Å². The number of oxime groups is 1. The molecule has 0 unspecified atom stereocenters. The van der Waals surface area contributed by atoms with Crippen molar-refractivity contribution in [1.29, 1.82) is 0 Å². The number of nitrogen functional groups attached to an aromatic ring is 1. The highest BCUT2D eigenvalue weighted by atomic mass is 32.2. The second-order valence-electron chi connectivity index (χ2n) is 6.74. The normalized spacial score (nSPS) is 20.4. The minimum atomic E-state index is -1.32. The van der Waals surface area contributed by atoms with Crippen LogP contribution >= 0.6 is 23.1 Å². The molecule has 2 aliphatic heterocycles. The number of fused-ring (bicyclic) bond motifs is 1. The van der Waals surface area contributed by atoms with Gasteiger partial charge in [0, 0.05) is 23.6 Å². The Bertz CT molecular complexity index is 1010. The van der Waals surface area contributed by atoms with E-state index in [0.29, 0.717) is 12.0 Å². The molecule has 0 radical (unpaired) electrons. The number of aliphatic carboxylic acids is 1. The minimum Gasteiger partial charge on any atom is -0.477 e. The number of esters is 1. The van der Waals surface area contributed by atoms with Crippen LogP contribution in [-0.2, 0) is 28.8 Å². The van der Waals surface area contributed by atoms with Crippen LogP contribution in [0.15, 0.2) is 21.8 Å². The Balaban J connectivity index is 1.77. The molecule has 1 aromatic rings. The van der Waals surface area contributed by atoms with Crippen LogP contribution in [0.3, 0.4) is 0 Å². The van der Waals surface area contributed by atoms with Crippen molar-refractivity contribution >= 4 is 57.7 Å². The molecule has 2 aliphatic rings. The molecule has 2 atom stereocenters. The zero-order valence-corrected chi connectivity index (χ0v) is 18.8. The van der Waals surface area contributed by atoms with Crippen molar-refractivity contribution in [3.05, 3.63) is 22.3 Å². The Hall–Kier alpha value is -3.13. The number of nitrogens with two attached hydrogens (primary N) is 1. The van der Waals surface area contributed by atoms with E-state index in [2.05, 4.69) is 15.5 Å². The first-order valence-electron chi connectivity index (χ1n) is 9.50. The number of thiazole rings is 1. The van der Waals surface area contributed by atoms with E-state index in [-0.39, 0.29) is 41.2 Å². The number of aromatic nitrogens is 1. The first kappa shape index (κ1) is 23.5. The van der Waals surface area contributed by atoms with Crippen molar-refractivity contribution in [2.45, 2.75) is 31.7 Å². The van der Waals surface area contributed by atoms with Gasteiger partial charge < -0.3 is 25.7 Å². The average Bonchev–Trinajstić information content (AvgIpc) is 3.18. The highest BCUT2D eigenvalue weighted by molar-refractivity contribution is 8.00. The first-order chi connectivity index (χ1) is 15.2. The summed E-state index contributed by atoms with van der Waals surface area (Å²) in [4.78, 5) is 58.7. The van der Waals surface area contributed by atoms with Gasteiger partial charge >= 0.3 is 11.9 Å². The Kier molecular flexibility index (Phi) is 7.35. The van der Waals surface area contributed by atoms with Crippen LogP contribution in [0.5, 0.6) is 0 Å². The zero-order valence-electron chi connectivity index (χ0n) is 17.2. The Morgan fingerprint density at radius 2 is 2.19 bits per heavy atom. The van der Waals surface area contributed by atoms with E-state index >= 15 is 0 Å². The number of nitrogens with zero attached hydrogens (tertiary/aromatic N) is 3. The molecule has 4 N–H and O–H groups in total. The number of amides is 2. The van der Waals surface area contributed by atoms with Gasteiger partial charge in [0.2, 0.25) is 0 Å². The number of anilines is 1. The third-order valence-electron chi connectivity index (χ3n) is 4.42. The van der Waals surface area contributed by atoms with Crippen LogP contribution in [0.4, 0.5) is 5.13 Å². The SMILES string of the molecule is CCCON=C(C(=O)N[C@@H]1C(=O)N2C(C(=O)O)=C(COC(C)=O)CS[C@H]12)c1csc(N)n1. The Morgan fingerprint density at radius 1 is 1.44 bits per heavy atom. The molecule has 14 heteroatoms. The third-order valence-corrected chi connectivity index (χ3v) is 6.43. The standard InChI is InChI=1S/C18H21N5O7S2/c1-3-4-30-22-11(10-7-32-18(19)20-10)14(25)21-12-15(26)23-13(17(27)28)9(5-29-8(2)24)6-31-16(12)23/h7,12,16H,3-6H2,1-2H3,(H2,19,20)(H,21,25)(H,27,28)/t12-,16-/m1/s1. The molecular weight excluding hydrogens is 462 g/mol. The third kappa shape index (κ3) is 4.85. The molecule has 0 aromatic carbocycles. The average molecular weight is 484 g/mol. The van der Waals surface area contributed by atoms with Gasteiger partial charge in [0.1, 0.15) is 36.0 Å². The molecule has 0 aliphatic carbocycles. The molecule has 3 rings (SSSR count). The number of carboxylic acid groups (broad SMARTS) is 1. The lowest BCUT2D eigenvalue weighted by Gasteiger charge is -2.49. The van der Waals surface area contributed by atoms with Gasteiger partial charge in [0.25, 0.3) is 11.8 Å². The van der Waals surface area contributed by atoms with E-state index in [1.807, 2.05) is 6.92 Å². The number of carboxylic acids is 1. The van der Waals surface area contributed by atoms with Crippen molar-refractivity contribution in [3.63, 3.8) is 0 Å². The topological polar surface area (TPSA) is 174 Å². The van der Waals surface area contributed by atoms with Crippen molar-refractivity contribution in [2.75, 3.05) is 24.7 Å². The molecule has 3 heterocycles. The summed E-state index contributed by atoms with van der Waals surface area (Å²) in [5.74, 6) is -2.95. The lowest BCUT2D eigenvalue weighted by Crippen LogP contribution is -2.71.